The minimum atomic E-state index is -0.688. The predicted molar refractivity (Wildman–Crippen MR) is 285 cm³/mol. The summed E-state index contributed by atoms with van der Waals surface area (Å²) in [5, 5.41) is 25.3. The molecule has 0 spiro atoms. The summed E-state index contributed by atoms with van der Waals surface area (Å²) in [5.41, 5.74) is 4.85. The van der Waals surface area contributed by atoms with E-state index in [4.69, 9.17) is 34.3 Å². The SMILES string of the molecule is CCc1c(F)ccc2cc(O)cc(-c3nc4c5c(nc(OC[C@@]67CCCN6[C@H](COC(=O)N6CCC(c8cnn(Cc9ccc%10c(C%11CCC(=O)NC%11=O)nn(C)c%10c9)c8)CC6)CC7)nc5c3F)N3CCCOC[C@@H]3CC4)c12. The zero-order chi connectivity index (χ0) is 53.4. The molecule has 0 bridgehead atoms. The van der Waals surface area contributed by atoms with Crippen molar-refractivity contribution in [3.05, 3.63) is 94.6 Å². The first-order valence-electron chi connectivity index (χ1n) is 27.7. The van der Waals surface area contributed by atoms with Crippen molar-refractivity contribution >= 4 is 56.3 Å². The Morgan fingerprint density at radius 3 is 2.67 bits per heavy atom. The molecule has 13 rings (SSSR count). The average Bonchev–Trinajstić information content (AvgIpc) is 4.33. The monoisotopic (exact) mass is 1060 g/mol. The van der Waals surface area contributed by atoms with Gasteiger partial charge in [-0.25, -0.2) is 18.6 Å². The number of halogens is 2. The molecule has 6 aliphatic rings. The summed E-state index contributed by atoms with van der Waals surface area (Å²) in [6.07, 6.45) is 11.9. The molecule has 7 aromatic rings. The van der Waals surface area contributed by atoms with Gasteiger partial charge in [0, 0.05) is 62.9 Å². The Balaban J connectivity index is 0.668. The predicted octanol–water partition coefficient (Wildman–Crippen LogP) is 7.98. The maximum Gasteiger partial charge on any atom is 0.409 e. The highest BCUT2D eigenvalue weighted by atomic mass is 19.1. The molecule has 406 valence electrons. The van der Waals surface area contributed by atoms with Crippen LogP contribution < -0.4 is 15.0 Å². The highest BCUT2D eigenvalue weighted by molar-refractivity contribution is 6.04. The molecule has 10 heterocycles. The fourth-order valence-electron chi connectivity index (χ4n) is 13.7. The molecule has 3 amide bonds. The van der Waals surface area contributed by atoms with Crippen molar-refractivity contribution in [3.63, 3.8) is 0 Å². The molecule has 1 unspecified atom stereocenters. The van der Waals surface area contributed by atoms with E-state index in [9.17, 15) is 19.5 Å². The maximum absolute atomic E-state index is 17.5. The van der Waals surface area contributed by atoms with Crippen LogP contribution >= 0.6 is 0 Å². The molecule has 6 aliphatic heterocycles. The average molecular weight is 1060 g/mol. The first-order chi connectivity index (χ1) is 37.9. The van der Waals surface area contributed by atoms with Crippen LogP contribution in [0, 0.1) is 11.6 Å². The summed E-state index contributed by atoms with van der Waals surface area (Å²) in [6.45, 7) is 6.70. The van der Waals surface area contributed by atoms with Crippen LogP contribution in [0.4, 0.5) is 19.4 Å². The fourth-order valence-corrected chi connectivity index (χ4v) is 13.7. The third kappa shape index (κ3) is 8.93. The van der Waals surface area contributed by atoms with Gasteiger partial charge in [-0.05, 0) is 135 Å². The first kappa shape index (κ1) is 50.2. The Kier molecular flexibility index (Phi) is 13.0. The van der Waals surface area contributed by atoms with Crippen LogP contribution in [0.1, 0.15) is 111 Å². The van der Waals surface area contributed by atoms with Gasteiger partial charge in [0.25, 0.3) is 0 Å². The number of aromatic nitrogens is 7. The van der Waals surface area contributed by atoms with E-state index in [1.807, 2.05) is 41.9 Å². The molecule has 18 nitrogen and oxygen atoms in total. The number of phenolic OH excluding ortho intramolecular Hbond substituents is 1. The Hall–Kier alpha value is -7.32. The molecule has 0 aliphatic carbocycles. The normalized spacial score (nSPS) is 22.9. The maximum atomic E-state index is 17.5. The van der Waals surface area contributed by atoms with Crippen molar-refractivity contribution in [2.24, 2.45) is 7.05 Å². The Morgan fingerprint density at radius 2 is 1.82 bits per heavy atom. The molecule has 2 N–H and O–H groups in total. The highest BCUT2D eigenvalue weighted by Gasteiger charge is 2.50. The third-order valence-corrected chi connectivity index (χ3v) is 17.6. The Labute approximate surface area is 449 Å². The van der Waals surface area contributed by atoms with E-state index in [2.05, 4.69) is 32.5 Å². The van der Waals surface area contributed by atoms with E-state index in [0.717, 1.165) is 73.5 Å². The Bertz CT molecular complexity index is 3540. The lowest BCUT2D eigenvalue weighted by Gasteiger charge is -2.35. The molecular formula is C58H63F2N11O7. The molecule has 5 saturated heterocycles. The third-order valence-electron chi connectivity index (χ3n) is 17.6. The minimum absolute atomic E-state index is 0.00715. The van der Waals surface area contributed by atoms with Gasteiger partial charge in [0.1, 0.15) is 41.8 Å². The number of nitrogens with one attached hydrogen (secondary N) is 1. The van der Waals surface area contributed by atoms with E-state index in [1.54, 1.807) is 16.8 Å². The number of carbonyl (C=O) groups excluding carboxylic acids is 3. The lowest BCUT2D eigenvalue weighted by molar-refractivity contribution is -0.134. The van der Waals surface area contributed by atoms with Gasteiger partial charge in [-0.15, -0.1) is 0 Å². The number of anilines is 1. The van der Waals surface area contributed by atoms with E-state index in [0.29, 0.717) is 116 Å². The Morgan fingerprint density at radius 1 is 0.949 bits per heavy atom. The quantitative estimate of drug-likeness (QED) is 0.118. The van der Waals surface area contributed by atoms with E-state index in [-0.39, 0.29) is 77.6 Å². The van der Waals surface area contributed by atoms with Crippen LogP contribution in [-0.2, 0) is 45.5 Å². The molecular weight excluding hydrogens is 1000 g/mol. The number of benzene rings is 3. The lowest BCUT2D eigenvalue weighted by atomic mass is 9.92. The van der Waals surface area contributed by atoms with E-state index >= 15 is 8.78 Å². The largest absolute Gasteiger partial charge is 0.508 e. The second-order valence-electron chi connectivity index (χ2n) is 22.2. The summed E-state index contributed by atoms with van der Waals surface area (Å²) in [7, 11) is 1.87. The standard InChI is InChI=1S/C58H63F2N11O7/c1-3-40-44(59)11-7-35-25-39(72)26-43(48(35)40)52-50(60)53-49-45(62-52)12-8-37-30-76-23-5-19-70(37)54(49)65-56(64-53)78-32-58-17-4-20-71(58)38(14-18-58)31-77-57(75)68-21-15-34(16-22-68)36-27-61-69(29-36)28-33-6-9-41-46(24-33)67(2)66-51(41)42-10-13-47(73)63-55(42)74/h6-7,9,11,24-27,29,34,37-38,42,72H,3-5,8,10,12-23,28,30-32H2,1-2H3,(H,63,73,74)/t37-,38-,42?,58-/m0/s1. The number of fused-ring (bicyclic) bond motifs is 5. The number of aromatic hydroxyl groups is 1. The molecule has 0 saturated carbocycles. The number of hydrogen-bond acceptors (Lipinski definition) is 14. The number of imide groups is 1. The van der Waals surface area contributed by atoms with Crippen LogP contribution in [0.2, 0.25) is 0 Å². The fraction of sp³-hybridized carbons (Fsp3) is 0.483. The van der Waals surface area contributed by atoms with Crippen LogP contribution in [-0.4, -0.2) is 138 Å². The summed E-state index contributed by atoms with van der Waals surface area (Å²) in [4.78, 5) is 59.4. The van der Waals surface area contributed by atoms with E-state index in [1.165, 1.54) is 12.1 Å². The number of nitrogens with zero attached hydrogens (tertiary/aromatic N) is 10. The first-order valence-corrected chi connectivity index (χ1v) is 27.7. The summed E-state index contributed by atoms with van der Waals surface area (Å²) >= 11 is 0. The molecule has 4 atom stereocenters. The van der Waals surface area contributed by atoms with Gasteiger partial charge in [-0.2, -0.15) is 20.2 Å². The minimum Gasteiger partial charge on any atom is -0.508 e. The molecule has 0 radical (unpaired) electrons. The van der Waals surface area contributed by atoms with Gasteiger partial charge in [0.05, 0.1) is 59.1 Å². The zero-order valence-corrected chi connectivity index (χ0v) is 44.0. The number of pyridine rings is 1. The number of ether oxygens (including phenoxy) is 3. The summed E-state index contributed by atoms with van der Waals surface area (Å²) in [5.74, 6) is -1.37. The van der Waals surface area contributed by atoms with Gasteiger partial charge >= 0.3 is 12.1 Å². The van der Waals surface area contributed by atoms with Crippen molar-refractivity contribution in [1.29, 1.82) is 0 Å². The topological polar surface area (TPSA) is 195 Å². The van der Waals surface area contributed by atoms with Crippen molar-refractivity contribution in [2.75, 3.05) is 57.5 Å². The van der Waals surface area contributed by atoms with Gasteiger partial charge < -0.3 is 29.1 Å². The molecule has 20 heteroatoms. The van der Waals surface area contributed by atoms with Gasteiger partial charge in [0.15, 0.2) is 5.82 Å². The number of likely N-dealkylation sites (tertiary alicyclic amines) is 1. The summed E-state index contributed by atoms with van der Waals surface area (Å²) in [6, 6.07) is 12.1. The second kappa shape index (κ2) is 20.2. The zero-order valence-electron chi connectivity index (χ0n) is 44.0. The van der Waals surface area contributed by atoms with Gasteiger partial charge in [0.2, 0.25) is 11.8 Å². The smallest absolute Gasteiger partial charge is 0.409 e. The van der Waals surface area contributed by atoms with Crippen LogP contribution in [0.3, 0.4) is 0 Å². The second-order valence-corrected chi connectivity index (χ2v) is 22.2. The van der Waals surface area contributed by atoms with Crippen molar-refractivity contribution in [2.45, 2.75) is 120 Å². The molecule has 78 heavy (non-hydrogen) atoms. The van der Waals surface area contributed by atoms with Gasteiger partial charge in [-0.1, -0.05) is 25.1 Å². The number of aryl methyl sites for hydroxylation is 3. The number of carbonyl (C=O) groups is 3. The number of hydrogen-bond donors (Lipinski definition) is 2. The van der Waals surface area contributed by atoms with Crippen molar-refractivity contribution < 1.29 is 42.5 Å². The molecule has 5 fully saturated rings. The van der Waals surface area contributed by atoms with Gasteiger partial charge in [-0.3, -0.25) is 29.2 Å². The highest BCUT2D eigenvalue weighted by Crippen LogP contribution is 2.45. The van der Waals surface area contributed by atoms with Crippen LogP contribution in [0.25, 0.3) is 43.8 Å². The number of rotatable bonds is 11. The molecule has 4 aromatic heterocycles. The lowest BCUT2D eigenvalue weighted by Crippen LogP contribution is -2.48. The van der Waals surface area contributed by atoms with E-state index < -0.39 is 17.6 Å². The van der Waals surface area contributed by atoms with Crippen molar-refractivity contribution in [3.8, 4) is 23.0 Å². The van der Waals surface area contributed by atoms with Crippen molar-refractivity contribution in [1.82, 2.24) is 49.6 Å². The number of amides is 3. The number of phenols is 1. The summed E-state index contributed by atoms with van der Waals surface area (Å²) < 4.78 is 55.4. The van der Waals surface area contributed by atoms with Crippen LogP contribution in [0.15, 0.2) is 54.9 Å². The van der Waals surface area contributed by atoms with Crippen LogP contribution in [0.5, 0.6) is 11.8 Å². The molecule has 3 aromatic carbocycles. The number of piperidine rings is 2.